The van der Waals surface area contributed by atoms with Crippen LogP contribution in [-0.4, -0.2) is 53.0 Å². The highest BCUT2D eigenvalue weighted by molar-refractivity contribution is 6.31. The van der Waals surface area contributed by atoms with Gasteiger partial charge in [0.25, 0.3) is 0 Å². The molecule has 4 aromatic heterocycles. The van der Waals surface area contributed by atoms with Gasteiger partial charge in [-0.2, -0.15) is 0 Å². The molecular weight excluding hydrogens is 821 g/mol. The third-order valence-electron chi connectivity index (χ3n) is 7.78. The van der Waals surface area contributed by atoms with Crippen LogP contribution in [0.5, 0.6) is 11.5 Å². The number of aliphatic hydroxyl groups excluding tert-OH is 3. The predicted molar refractivity (Wildman–Crippen MR) is 228 cm³/mol. The van der Waals surface area contributed by atoms with Crippen molar-refractivity contribution in [2.45, 2.75) is 62.9 Å². The van der Waals surface area contributed by atoms with E-state index in [0.717, 1.165) is 0 Å². The van der Waals surface area contributed by atoms with Crippen LogP contribution >= 0.6 is 35.6 Å². The first-order valence-corrected chi connectivity index (χ1v) is 16.5. The number of aliphatic imine (C=N–C) groups is 1. The molecule has 6 rings (SSSR count). The van der Waals surface area contributed by atoms with E-state index in [1.165, 1.54) is 55.0 Å². The molecule has 4 heterocycles. The molecule has 0 saturated carbocycles. The summed E-state index contributed by atoms with van der Waals surface area (Å²) >= 11 is 11.4. The number of aldehydes is 1. The molecule has 0 radical (unpaired) electrons. The Labute approximate surface area is 351 Å². The third-order valence-corrected chi connectivity index (χ3v) is 8.36. The molecule has 6 aromatic rings. The number of aliphatic hydroxyl groups is 3. The Morgan fingerprint density at radius 3 is 1.78 bits per heavy atom. The number of hydrogen-bond donors (Lipinski definition) is 7. The maximum Gasteiger partial charge on any atom is 0.215 e. The van der Waals surface area contributed by atoms with Crippen LogP contribution in [0.1, 0.15) is 72.0 Å². The molecule has 314 valence electrons. The number of carbonyl (C=O) groups excluding carboxylic acids is 1. The molecule has 0 bridgehead atoms. The van der Waals surface area contributed by atoms with Gasteiger partial charge in [-0.25, -0.2) is 8.78 Å². The van der Waals surface area contributed by atoms with E-state index in [1.54, 1.807) is 27.0 Å². The number of furan rings is 1. The molecule has 0 amide bonds. The molecule has 0 atom stereocenters. The maximum atomic E-state index is 13.2. The van der Waals surface area contributed by atoms with Crippen LogP contribution in [0.2, 0.25) is 10.0 Å². The minimum atomic E-state index is -0.524. The highest BCUT2D eigenvalue weighted by Crippen LogP contribution is 2.39. The molecule has 8 N–H and O–H groups in total. The van der Waals surface area contributed by atoms with E-state index in [1.807, 2.05) is 0 Å². The normalized spacial score (nSPS) is 10.1. The van der Waals surface area contributed by atoms with Gasteiger partial charge in [-0.1, -0.05) is 45.5 Å². The number of aromatic hydroxyl groups is 2. The SMILES string of the molecule is C.C.C.Cc1ncc(CO)c(C=Nc2ccc(F)c(Cl)c2)c1O.Cc1ncc(CO)c(C=O)c1O.Cc1ncc(CO)c2c(Nc3ccc(F)c(Cl)c3)c(N)oc12.Cl. The van der Waals surface area contributed by atoms with Crippen molar-refractivity contribution in [3.8, 4) is 11.5 Å². The van der Waals surface area contributed by atoms with Gasteiger partial charge in [-0.05, 0) is 57.2 Å². The zero-order valence-corrected chi connectivity index (χ0v) is 31.6. The predicted octanol–water partition coefficient (Wildman–Crippen LogP) is 9.61. The van der Waals surface area contributed by atoms with Crippen molar-refractivity contribution in [2.24, 2.45) is 4.99 Å². The topological polar surface area (TPSA) is 220 Å². The molecule has 58 heavy (non-hydrogen) atoms. The zero-order valence-electron chi connectivity index (χ0n) is 29.3. The first kappa shape index (κ1) is 52.6. The van der Waals surface area contributed by atoms with E-state index in [9.17, 15) is 34.0 Å². The first-order chi connectivity index (χ1) is 25.7. The van der Waals surface area contributed by atoms with Gasteiger partial charge in [-0.3, -0.25) is 24.7 Å². The van der Waals surface area contributed by atoms with Crippen LogP contribution in [0.25, 0.3) is 11.0 Å². The van der Waals surface area contributed by atoms with Crippen molar-refractivity contribution in [1.82, 2.24) is 15.0 Å². The minimum Gasteiger partial charge on any atom is -0.505 e. The van der Waals surface area contributed by atoms with Gasteiger partial charge < -0.3 is 41.0 Å². The number of nitrogens with one attached hydrogen (secondary N) is 1. The second-order valence-corrected chi connectivity index (χ2v) is 12.2. The molecule has 0 spiro atoms. The molecule has 0 saturated heterocycles. The van der Waals surface area contributed by atoms with Gasteiger partial charge >= 0.3 is 0 Å². The maximum absolute atomic E-state index is 13.2. The van der Waals surface area contributed by atoms with Crippen molar-refractivity contribution >= 4 is 82.0 Å². The fourth-order valence-electron chi connectivity index (χ4n) is 4.81. The van der Waals surface area contributed by atoms with Crippen LogP contribution in [0.3, 0.4) is 0 Å². The van der Waals surface area contributed by atoms with E-state index in [0.29, 0.717) is 73.7 Å². The summed E-state index contributed by atoms with van der Waals surface area (Å²) in [6, 6.07) is 8.27. The number of anilines is 3. The number of nitrogen functional groups attached to an aromatic ring is 1. The van der Waals surface area contributed by atoms with Crippen molar-refractivity contribution < 1.29 is 43.5 Å². The monoisotopic (exact) mass is 866 g/mol. The third kappa shape index (κ3) is 12.3. The number of hydrogen-bond acceptors (Lipinski definition) is 13. The van der Waals surface area contributed by atoms with E-state index >= 15 is 0 Å². The number of rotatable bonds is 8. The summed E-state index contributed by atoms with van der Waals surface area (Å²) in [6.45, 7) is 4.24. The lowest BCUT2D eigenvalue weighted by Gasteiger charge is -2.08. The molecule has 0 aliphatic carbocycles. The summed E-state index contributed by atoms with van der Waals surface area (Å²) in [7, 11) is 0. The number of nitrogens with zero attached hydrogens (tertiary/aromatic N) is 4. The van der Waals surface area contributed by atoms with Crippen molar-refractivity contribution in [3.63, 3.8) is 0 Å². The minimum absolute atomic E-state index is 0. The summed E-state index contributed by atoms with van der Waals surface area (Å²) in [4.78, 5) is 26.5. The first-order valence-electron chi connectivity index (χ1n) is 15.7. The number of aromatic nitrogens is 3. The second kappa shape index (κ2) is 23.7. The molecule has 0 aliphatic rings. The average Bonchev–Trinajstić information content (AvgIpc) is 3.49. The Kier molecular flexibility index (Phi) is 21.5. The summed E-state index contributed by atoms with van der Waals surface area (Å²) < 4.78 is 31.8. The Balaban J connectivity index is 0.000000844. The Morgan fingerprint density at radius 2 is 1.26 bits per heavy atom. The Morgan fingerprint density at radius 1 is 0.776 bits per heavy atom. The molecule has 0 fully saturated rings. The summed E-state index contributed by atoms with van der Waals surface area (Å²) in [5.41, 5.74) is 11.2. The number of aryl methyl sites for hydroxylation is 3. The fraction of sp³-hybridized carbons (Fsp3) is 0.225. The lowest BCUT2D eigenvalue weighted by molar-refractivity contribution is 0.111. The van der Waals surface area contributed by atoms with Crippen LogP contribution in [0, 0.1) is 32.4 Å². The van der Waals surface area contributed by atoms with E-state index in [2.05, 4.69) is 25.3 Å². The summed E-state index contributed by atoms with van der Waals surface area (Å²) in [6.07, 6.45) is 6.30. The Bertz CT molecular complexity index is 2350. The molecule has 13 nitrogen and oxygen atoms in total. The van der Waals surface area contributed by atoms with Gasteiger partial charge in [0.05, 0.1) is 63.6 Å². The second-order valence-electron chi connectivity index (χ2n) is 11.4. The van der Waals surface area contributed by atoms with Crippen molar-refractivity contribution in [3.05, 3.63) is 122 Å². The van der Waals surface area contributed by atoms with Crippen LogP contribution in [0.15, 0.2) is 64.4 Å². The fourth-order valence-corrected chi connectivity index (χ4v) is 5.16. The number of benzene rings is 2. The van der Waals surface area contributed by atoms with E-state index in [4.69, 9.17) is 38.5 Å². The van der Waals surface area contributed by atoms with Crippen molar-refractivity contribution in [2.75, 3.05) is 11.1 Å². The smallest absolute Gasteiger partial charge is 0.215 e. The molecule has 0 unspecified atom stereocenters. The van der Waals surface area contributed by atoms with Crippen LogP contribution in [0.4, 0.5) is 31.7 Å². The largest absolute Gasteiger partial charge is 0.505 e. The number of pyridine rings is 3. The zero-order chi connectivity index (χ0) is 39.7. The standard InChI is InChI=1S/C15H13ClFN3O2.C14H12ClFN2O2.C8H9NO3.3CH4.ClH/c1-7-14-12(8(6-21)5-19-7)13(15(18)22-14)20-9-2-3-11(17)10(16)4-9;1-8-14(20)11(9(7-19)5-17-8)6-18-10-2-3-13(16)12(15)4-10;1-5-8(12)7(4-11)6(3-10)2-9-5;;;;/h2-5,20-21H,6,18H2,1H3;2-6,19-20H,7H2,1H3;2,4,10,12H,3H2,1H3;3*1H4;1H. The number of fused-ring (bicyclic) bond motifs is 1. The van der Waals surface area contributed by atoms with Gasteiger partial charge in [0.1, 0.15) is 28.8 Å². The molecular formula is C40H47Cl3F2N6O7. The summed E-state index contributed by atoms with van der Waals surface area (Å²) in [5, 5.41) is 50.4. The van der Waals surface area contributed by atoms with Crippen molar-refractivity contribution in [1.29, 1.82) is 0 Å². The van der Waals surface area contributed by atoms with E-state index < -0.39 is 11.6 Å². The van der Waals surface area contributed by atoms with Gasteiger partial charge in [0.15, 0.2) is 11.9 Å². The highest BCUT2D eigenvalue weighted by atomic mass is 35.5. The van der Waals surface area contributed by atoms with Gasteiger partial charge in [0, 0.05) is 52.7 Å². The van der Waals surface area contributed by atoms with Crippen LogP contribution < -0.4 is 11.1 Å². The molecule has 18 heteroatoms. The van der Waals surface area contributed by atoms with Crippen LogP contribution in [-0.2, 0) is 19.8 Å². The number of nitrogens with two attached hydrogens (primary N) is 1. The molecule has 2 aromatic carbocycles. The lowest BCUT2D eigenvalue weighted by Crippen LogP contribution is -1.97. The van der Waals surface area contributed by atoms with Gasteiger partial charge in [-0.15, -0.1) is 12.4 Å². The number of carbonyl (C=O) groups is 1. The quantitative estimate of drug-likeness (QED) is 0.0562. The van der Waals surface area contributed by atoms with Gasteiger partial charge in [0.2, 0.25) is 5.88 Å². The Hall–Kier alpha value is -5.42. The average molecular weight is 868 g/mol. The lowest BCUT2D eigenvalue weighted by atomic mass is 10.1. The summed E-state index contributed by atoms with van der Waals surface area (Å²) in [5.74, 6) is -1.08. The number of halogens is 5. The highest BCUT2D eigenvalue weighted by Gasteiger charge is 2.18. The van der Waals surface area contributed by atoms with E-state index in [-0.39, 0.29) is 87.5 Å². The molecule has 0 aliphatic heterocycles.